The summed E-state index contributed by atoms with van der Waals surface area (Å²) < 4.78 is 8.65. The lowest BCUT2D eigenvalue weighted by molar-refractivity contribution is 0.129. The molecule has 2 aromatic heterocycles. The van der Waals surface area contributed by atoms with Crippen LogP contribution in [0.15, 0.2) is 41.5 Å². The maximum Gasteiger partial charge on any atom is 0.250 e. The van der Waals surface area contributed by atoms with E-state index in [2.05, 4.69) is 20.7 Å². The number of aromatic nitrogens is 3. The molecule has 6 heteroatoms. The van der Waals surface area contributed by atoms with Crippen molar-refractivity contribution in [3.63, 3.8) is 0 Å². The molecule has 0 spiro atoms. The quantitative estimate of drug-likeness (QED) is 0.836. The Morgan fingerprint density at radius 1 is 1.29 bits per heavy atom. The Morgan fingerprint density at radius 3 is 2.81 bits per heavy atom. The number of hydrogen-bond acceptors (Lipinski definition) is 4. The molecule has 3 heterocycles. The minimum atomic E-state index is 0.0347. The number of aryl methyl sites for hydroxylation is 1. The normalized spacial score (nSPS) is 14.2. The molecule has 0 unspecified atom stereocenters. The van der Waals surface area contributed by atoms with Crippen molar-refractivity contribution in [3.05, 3.63) is 52.7 Å². The van der Waals surface area contributed by atoms with Crippen molar-refractivity contribution in [2.45, 2.75) is 13.1 Å². The Bertz CT molecular complexity index is 605. The summed E-state index contributed by atoms with van der Waals surface area (Å²) in [4.78, 5) is 13.0. The van der Waals surface area contributed by atoms with Crippen LogP contribution in [0, 0.1) is 0 Å². The van der Waals surface area contributed by atoms with Crippen LogP contribution >= 0.6 is 0 Å². The third kappa shape index (κ3) is 4.54. The summed E-state index contributed by atoms with van der Waals surface area (Å²) >= 11 is 0. The Kier molecular flexibility index (Phi) is 5.71. The highest BCUT2D eigenvalue weighted by Gasteiger charge is 2.14. The van der Waals surface area contributed by atoms with Gasteiger partial charge in [-0.15, -0.1) is 0 Å². The summed E-state index contributed by atoms with van der Waals surface area (Å²) in [6.45, 7) is 4.92. The van der Waals surface area contributed by atoms with Crippen molar-refractivity contribution >= 4 is 0 Å². The minimum Gasteiger partial charge on any atom is -0.383 e. The van der Waals surface area contributed by atoms with Gasteiger partial charge >= 0.3 is 0 Å². The van der Waals surface area contributed by atoms with Crippen LogP contribution in [-0.2, 0) is 24.9 Å². The largest absolute Gasteiger partial charge is 0.383 e. The second-order valence-electron chi connectivity index (χ2n) is 4.96. The molecule has 1 aliphatic rings. The van der Waals surface area contributed by atoms with E-state index in [1.54, 1.807) is 26.4 Å². The van der Waals surface area contributed by atoms with E-state index in [0.717, 1.165) is 32.8 Å². The fraction of sp³-hybridized carbons (Fsp3) is 0.467. The molecular weight excluding hydrogens is 268 g/mol. The van der Waals surface area contributed by atoms with Crippen molar-refractivity contribution in [1.29, 1.82) is 0 Å². The molecular formula is C15H22N4O2. The van der Waals surface area contributed by atoms with Gasteiger partial charge in [-0.05, 0) is 12.1 Å². The second kappa shape index (κ2) is 7.75. The third-order valence-electron chi connectivity index (χ3n) is 3.44. The van der Waals surface area contributed by atoms with Crippen LogP contribution in [0.4, 0.5) is 0 Å². The third-order valence-corrected chi connectivity index (χ3v) is 3.44. The van der Waals surface area contributed by atoms with Crippen molar-refractivity contribution in [2.75, 3.05) is 26.8 Å². The standard InChI is InChI=1S/C9H15N3O.C6H7NO/c1-13-7-6-11-4-5-12-9(8-11)2-3-10-12;1-7-5-3-2-4-6(7)8/h2-3H,4-8H2,1H3;2-5H,1H3. The number of fused-ring (bicyclic) bond motifs is 1. The smallest absolute Gasteiger partial charge is 0.250 e. The van der Waals surface area contributed by atoms with Crippen LogP contribution in [0.25, 0.3) is 0 Å². The number of pyridine rings is 1. The highest BCUT2D eigenvalue weighted by molar-refractivity contribution is 5.02. The highest BCUT2D eigenvalue weighted by atomic mass is 16.5. The SMILES string of the molecule is COCCN1CCn2nccc2C1.Cn1ccccc1=O. The fourth-order valence-electron chi connectivity index (χ4n) is 2.16. The molecule has 0 N–H and O–H groups in total. The minimum absolute atomic E-state index is 0.0347. The summed E-state index contributed by atoms with van der Waals surface area (Å²) in [6.07, 6.45) is 3.59. The van der Waals surface area contributed by atoms with Crippen molar-refractivity contribution < 1.29 is 4.74 Å². The molecule has 0 saturated heterocycles. The predicted octanol–water partition coefficient (Wildman–Crippen LogP) is 0.730. The van der Waals surface area contributed by atoms with E-state index in [1.165, 1.54) is 16.3 Å². The monoisotopic (exact) mass is 290 g/mol. The molecule has 0 aromatic carbocycles. The van der Waals surface area contributed by atoms with Gasteiger partial charge in [-0.1, -0.05) is 6.07 Å². The van der Waals surface area contributed by atoms with Gasteiger partial charge in [0.25, 0.3) is 0 Å². The van der Waals surface area contributed by atoms with Crippen LogP contribution in [0.2, 0.25) is 0 Å². The molecule has 3 rings (SSSR count). The Hall–Kier alpha value is -1.92. The van der Waals surface area contributed by atoms with Crippen molar-refractivity contribution in [1.82, 2.24) is 19.2 Å². The summed E-state index contributed by atoms with van der Waals surface area (Å²) in [5, 5.41) is 4.23. The van der Waals surface area contributed by atoms with Gasteiger partial charge in [0.2, 0.25) is 5.56 Å². The van der Waals surface area contributed by atoms with E-state index in [9.17, 15) is 4.79 Å². The molecule has 114 valence electrons. The van der Waals surface area contributed by atoms with Gasteiger partial charge in [-0.3, -0.25) is 14.4 Å². The average Bonchev–Trinajstić information content (AvgIpc) is 2.96. The molecule has 0 saturated carbocycles. The van der Waals surface area contributed by atoms with E-state index in [0.29, 0.717) is 0 Å². The van der Waals surface area contributed by atoms with Gasteiger partial charge in [0.1, 0.15) is 0 Å². The van der Waals surface area contributed by atoms with Gasteiger partial charge in [0, 0.05) is 52.3 Å². The lowest BCUT2D eigenvalue weighted by atomic mass is 10.3. The van der Waals surface area contributed by atoms with Crippen LogP contribution in [-0.4, -0.2) is 46.1 Å². The molecule has 0 fully saturated rings. The first-order valence-corrected chi connectivity index (χ1v) is 7.04. The Balaban J connectivity index is 0.000000173. The van der Waals surface area contributed by atoms with Gasteiger partial charge < -0.3 is 9.30 Å². The number of rotatable bonds is 3. The first kappa shape index (κ1) is 15.5. The lowest BCUT2D eigenvalue weighted by Gasteiger charge is -2.26. The van der Waals surface area contributed by atoms with E-state index < -0.39 is 0 Å². The Labute approximate surface area is 124 Å². The maximum absolute atomic E-state index is 10.6. The molecule has 0 aliphatic carbocycles. The summed E-state index contributed by atoms with van der Waals surface area (Å²) in [5.74, 6) is 0. The number of methoxy groups -OCH3 is 1. The zero-order chi connectivity index (χ0) is 15.1. The van der Waals surface area contributed by atoms with Crippen molar-refractivity contribution in [2.24, 2.45) is 7.05 Å². The van der Waals surface area contributed by atoms with Crippen LogP contribution in [0.5, 0.6) is 0 Å². The van der Waals surface area contributed by atoms with Gasteiger partial charge in [-0.25, -0.2) is 0 Å². The van der Waals surface area contributed by atoms with E-state index >= 15 is 0 Å². The molecule has 0 radical (unpaired) electrons. The molecule has 6 nitrogen and oxygen atoms in total. The molecule has 0 amide bonds. The Morgan fingerprint density at radius 2 is 2.14 bits per heavy atom. The molecule has 1 aliphatic heterocycles. The molecule has 0 bridgehead atoms. The topological polar surface area (TPSA) is 52.3 Å². The van der Waals surface area contributed by atoms with Crippen molar-refractivity contribution in [3.8, 4) is 0 Å². The second-order valence-corrected chi connectivity index (χ2v) is 4.96. The van der Waals surface area contributed by atoms with Gasteiger partial charge in [0.05, 0.1) is 18.8 Å². The zero-order valence-corrected chi connectivity index (χ0v) is 12.6. The van der Waals surface area contributed by atoms with E-state index in [1.807, 2.05) is 12.3 Å². The van der Waals surface area contributed by atoms with Crippen LogP contribution in [0.1, 0.15) is 5.69 Å². The average molecular weight is 290 g/mol. The summed E-state index contributed by atoms with van der Waals surface area (Å²) in [5.41, 5.74) is 1.34. The molecule has 21 heavy (non-hydrogen) atoms. The highest BCUT2D eigenvalue weighted by Crippen LogP contribution is 2.09. The summed E-state index contributed by atoms with van der Waals surface area (Å²) in [6, 6.07) is 7.16. The van der Waals surface area contributed by atoms with Gasteiger partial charge in [-0.2, -0.15) is 5.10 Å². The lowest BCUT2D eigenvalue weighted by Crippen LogP contribution is -2.35. The fourth-order valence-corrected chi connectivity index (χ4v) is 2.16. The summed E-state index contributed by atoms with van der Waals surface area (Å²) in [7, 11) is 3.47. The number of hydrogen-bond donors (Lipinski definition) is 0. The zero-order valence-electron chi connectivity index (χ0n) is 12.6. The predicted molar refractivity (Wildman–Crippen MR) is 81.1 cm³/mol. The maximum atomic E-state index is 10.6. The van der Waals surface area contributed by atoms with Gasteiger partial charge in [0.15, 0.2) is 0 Å². The van der Waals surface area contributed by atoms with E-state index in [-0.39, 0.29) is 5.56 Å². The first-order valence-electron chi connectivity index (χ1n) is 7.04. The van der Waals surface area contributed by atoms with E-state index in [4.69, 9.17) is 4.74 Å². The number of ether oxygens (including phenoxy) is 1. The van der Waals surface area contributed by atoms with Crippen LogP contribution < -0.4 is 5.56 Å². The first-order chi connectivity index (χ1) is 10.2. The molecule has 2 aromatic rings. The molecule has 0 atom stereocenters. The number of nitrogens with zero attached hydrogens (tertiary/aromatic N) is 4. The van der Waals surface area contributed by atoms with Crippen LogP contribution in [0.3, 0.4) is 0 Å².